The summed E-state index contributed by atoms with van der Waals surface area (Å²) < 4.78 is 11.3. The molecule has 0 atom stereocenters. The molecule has 1 aliphatic carbocycles. The minimum atomic E-state index is 0.203. The lowest BCUT2D eigenvalue weighted by molar-refractivity contribution is 0.476. The van der Waals surface area contributed by atoms with Gasteiger partial charge in [-0.3, -0.25) is 0 Å². The van der Waals surface area contributed by atoms with Crippen LogP contribution >= 0.6 is 0 Å². The Bertz CT molecular complexity index is 3460. The van der Waals surface area contributed by atoms with Crippen LogP contribution in [0.1, 0.15) is 22.6 Å². The maximum atomic E-state index is 6.43. The predicted molar refractivity (Wildman–Crippen MR) is 239 cm³/mol. The molecule has 0 saturated heterocycles. The number of hydrogen-bond donors (Lipinski definition) is 0. The molecule has 0 spiro atoms. The van der Waals surface area contributed by atoms with Crippen molar-refractivity contribution in [1.82, 2.24) is 9.13 Å². The Hall–Kier alpha value is -7.62. The molecule has 1 aliphatic heterocycles. The van der Waals surface area contributed by atoms with Crippen molar-refractivity contribution in [3.8, 4) is 56.3 Å². The molecule has 2 aromatic heterocycles. The SMILES string of the molecule is c1cc(-c2cccc(-n3c4ccccc4c4cc(C5c6ccccc6-c6ccccc65)ccc43)c2)cc(-c2cccc3c4cccc5c4n(c23)-c2ccccc2O5)c1. The molecule has 0 bridgehead atoms. The van der Waals surface area contributed by atoms with Gasteiger partial charge < -0.3 is 13.9 Å². The van der Waals surface area contributed by atoms with Crippen LogP contribution in [0.5, 0.6) is 11.5 Å². The van der Waals surface area contributed by atoms with E-state index in [-0.39, 0.29) is 5.92 Å². The summed E-state index contributed by atoms with van der Waals surface area (Å²) >= 11 is 0. The zero-order valence-corrected chi connectivity index (χ0v) is 31.4. The topological polar surface area (TPSA) is 19.1 Å². The zero-order valence-electron chi connectivity index (χ0n) is 31.4. The molecule has 3 nitrogen and oxygen atoms in total. The summed E-state index contributed by atoms with van der Waals surface area (Å²) in [7, 11) is 0. The van der Waals surface area contributed by atoms with E-state index in [9.17, 15) is 0 Å². The third-order valence-corrected chi connectivity index (χ3v) is 12.6. The molecule has 9 aromatic carbocycles. The highest BCUT2D eigenvalue weighted by atomic mass is 16.5. The van der Waals surface area contributed by atoms with Gasteiger partial charge in [-0.15, -0.1) is 0 Å². The smallest absolute Gasteiger partial charge is 0.152 e. The Morgan fingerprint density at radius 1 is 0.362 bits per heavy atom. The highest BCUT2D eigenvalue weighted by molar-refractivity contribution is 6.16. The fraction of sp³-hybridized carbons (Fsp3) is 0.0182. The van der Waals surface area contributed by atoms with Crippen LogP contribution in [0.4, 0.5) is 0 Å². The number of nitrogens with zero attached hydrogens (tertiary/aromatic N) is 2. The van der Waals surface area contributed by atoms with Gasteiger partial charge in [0.2, 0.25) is 0 Å². The van der Waals surface area contributed by atoms with E-state index in [4.69, 9.17) is 4.74 Å². The first kappa shape index (κ1) is 31.6. The van der Waals surface area contributed by atoms with E-state index < -0.39 is 0 Å². The minimum absolute atomic E-state index is 0.203. The zero-order chi connectivity index (χ0) is 37.9. The molecule has 0 fully saturated rings. The number of para-hydroxylation sites is 5. The van der Waals surface area contributed by atoms with Gasteiger partial charge in [0.25, 0.3) is 0 Å². The van der Waals surface area contributed by atoms with Crippen molar-refractivity contribution in [2.75, 3.05) is 0 Å². The van der Waals surface area contributed by atoms with Crippen LogP contribution in [0.25, 0.3) is 88.4 Å². The van der Waals surface area contributed by atoms with Gasteiger partial charge in [-0.2, -0.15) is 0 Å². The van der Waals surface area contributed by atoms with Crippen molar-refractivity contribution in [3.63, 3.8) is 0 Å². The van der Waals surface area contributed by atoms with Gasteiger partial charge in [0, 0.05) is 38.7 Å². The van der Waals surface area contributed by atoms with E-state index in [0.717, 1.165) is 28.4 Å². The first-order valence-corrected chi connectivity index (χ1v) is 20.0. The van der Waals surface area contributed by atoms with Crippen molar-refractivity contribution in [1.29, 1.82) is 0 Å². The van der Waals surface area contributed by atoms with E-state index in [1.54, 1.807) is 0 Å². The van der Waals surface area contributed by atoms with Crippen LogP contribution in [0.15, 0.2) is 200 Å². The normalized spacial score (nSPS) is 12.9. The van der Waals surface area contributed by atoms with Crippen molar-refractivity contribution >= 4 is 43.6 Å². The molecule has 3 heterocycles. The second-order valence-electron chi connectivity index (χ2n) is 15.6. The molecule has 3 heteroatoms. The molecular formula is C55H34N2O. The van der Waals surface area contributed by atoms with Gasteiger partial charge in [0.15, 0.2) is 11.5 Å². The Balaban J connectivity index is 0.948. The van der Waals surface area contributed by atoms with Crippen molar-refractivity contribution in [2.45, 2.75) is 5.92 Å². The average molecular weight is 739 g/mol. The number of hydrogen-bond acceptors (Lipinski definition) is 1. The summed E-state index contributed by atoms with van der Waals surface area (Å²) in [5, 5.41) is 4.95. The van der Waals surface area contributed by atoms with Gasteiger partial charge in [0.1, 0.15) is 0 Å². The molecule has 0 N–H and O–H groups in total. The molecule has 13 rings (SSSR count). The molecule has 0 unspecified atom stereocenters. The Labute approximate surface area is 335 Å². The van der Waals surface area contributed by atoms with Gasteiger partial charge in [0.05, 0.1) is 27.8 Å². The summed E-state index contributed by atoms with van der Waals surface area (Å²) in [6, 6.07) is 73.2. The van der Waals surface area contributed by atoms with Gasteiger partial charge in [-0.25, -0.2) is 0 Å². The Morgan fingerprint density at radius 3 is 1.83 bits per heavy atom. The molecule has 0 saturated carbocycles. The lowest BCUT2D eigenvalue weighted by Gasteiger charge is -2.21. The standard InChI is InChI=1S/C55H34N2O/c1-3-20-43-40(17-1)41-18-2-4-21-44(41)53(43)37-29-30-49-47(33-37)42-19-5-6-25-48(42)56(49)38-16-10-14-35(32-38)34-13-9-15-36(31-34)39-22-11-23-45-46-24-12-28-52-55(46)57(54(39)45)50-26-7-8-27-51(50)58-52/h1-33,53H. The van der Waals surface area contributed by atoms with Crippen molar-refractivity contribution in [2.24, 2.45) is 0 Å². The van der Waals surface area contributed by atoms with Crippen LogP contribution in [0.2, 0.25) is 0 Å². The van der Waals surface area contributed by atoms with Gasteiger partial charge in [-0.05, 0) is 99.1 Å². The number of aromatic nitrogens is 2. The largest absolute Gasteiger partial charge is 0.453 e. The summed E-state index contributed by atoms with van der Waals surface area (Å²) in [6.07, 6.45) is 0. The monoisotopic (exact) mass is 738 g/mol. The Kier molecular flexibility index (Phi) is 6.50. The lowest BCUT2D eigenvalue weighted by Crippen LogP contribution is -2.04. The van der Waals surface area contributed by atoms with Gasteiger partial charge in [-0.1, -0.05) is 146 Å². The molecule has 58 heavy (non-hydrogen) atoms. The second-order valence-corrected chi connectivity index (χ2v) is 15.6. The third-order valence-electron chi connectivity index (χ3n) is 12.6. The van der Waals surface area contributed by atoms with E-state index in [0.29, 0.717) is 0 Å². The van der Waals surface area contributed by atoms with Crippen LogP contribution < -0.4 is 4.74 Å². The first-order valence-electron chi connectivity index (χ1n) is 20.0. The van der Waals surface area contributed by atoms with E-state index in [1.807, 2.05) is 6.07 Å². The molecule has 11 aromatic rings. The van der Waals surface area contributed by atoms with Crippen molar-refractivity contribution < 1.29 is 4.74 Å². The number of benzene rings is 9. The molecular weight excluding hydrogens is 705 g/mol. The number of fused-ring (bicyclic) bond motifs is 11. The molecule has 2 aliphatic rings. The van der Waals surface area contributed by atoms with Crippen LogP contribution in [-0.4, -0.2) is 9.13 Å². The summed E-state index contributed by atoms with van der Waals surface area (Å²) in [5.74, 6) is 1.96. The van der Waals surface area contributed by atoms with Crippen LogP contribution in [-0.2, 0) is 0 Å². The molecule has 0 radical (unpaired) electrons. The fourth-order valence-electron chi connectivity index (χ4n) is 10.1. The lowest BCUT2D eigenvalue weighted by atomic mass is 9.88. The maximum absolute atomic E-state index is 6.43. The van der Waals surface area contributed by atoms with Gasteiger partial charge >= 0.3 is 0 Å². The predicted octanol–water partition coefficient (Wildman–Crippen LogP) is 14.5. The van der Waals surface area contributed by atoms with Crippen molar-refractivity contribution in [3.05, 3.63) is 217 Å². The summed E-state index contributed by atoms with van der Waals surface area (Å²) in [4.78, 5) is 0. The van der Waals surface area contributed by atoms with E-state index in [2.05, 4.69) is 203 Å². The summed E-state index contributed by atoms with van der Waals surface area (Å²) in [6.45, 7) is 0. The number of ether oxygens (including phenoxy) is 1. The molecule has 0 amide bonds. The highest BCUT2D eigenvalue weighted by Crippen LogP contribution is 2.50. The Morgan fingerprint density at radius 2 is 0.966 bits per heavy atom. The van der Waals surface area contributed by atoms with E-state index >= 15 is 0 Å². The third kappa shape index (κ3) is 4.38. The van der Waals surface area contributed by atoms with E-state index in [1.165, 1.54) is 88.2 Å². The summed E-state index contributed by atoms with van der Waals surface area (Å²) in [5.41, 5.74) is 18.4. The first-order chi connectivity index (χ1) is 28.8. The van der Waals surface area contributed by atoms with Crippen LogP contribution in [0.3, 0.4) is 0 Å². The maximum Gasteiger partial charge on any atom is 0.152 e. The fourth-order valence-corrected chi connectivity index (χ4v) is 10.1. The quantitative estimate of drug-likeness (QED) is 0.176. The minimum Gasteiger partial charge on any atom is -0.453 e. The average Bonchev–Trinajstić information content (AvgIpc) is 3.93. The highest BCUT2D eigenvalue weighted by Gasteiger charge is 2.30. The number of rotatable bonds is 4. The molecule has 270 valence electrons. The second kappa shape index (κ2) is 11.9. The van der Waals surface area contributed by atoms with Crippen LogP contribution in [0, 0.1) is 0 Å².